The van der Waals surface area contributed by atoms with E-state index in [0.717, 1.165) is 67.6 Å². The Balaban J connectivity index is 1.01. The molecule has 0 N–H and O–H groups in total. The van der Waals surface area contributed by atoms with E-state index in [9.17, 15) is 14.0 Å². The van der Waals surface area contributed by atoms with Crippen LogP contribution in [0.5, 0.6) is 0 Å². The number of fused-ring (bicyclic) bond motifs is 1. The predicted molar refractivity (Wildman–Crippen MR) is 137 cm³/mol. The summed E-state index contributed by atoms with van der Waals surface area (Å²) in [5.41, 5.74) is 2.84. The number of piperazine rings is 1. The molecule has 2 aliphatic heterocycles. The molecule has 1 aliphatic carbocycles. The van der Waals surface area contributed by atoms with Crippen LogP contribution in [0.4, 0.5) is 4.39 Å². The average molecular weight is 489 g/mol. The number of aromatic nitrogens is 1. The number of amides is 2. The molecule has 1 atom stereocenters. The van der Waals surface area contributed by atoms with Crippen LogP contribution in [0.1, 0.15) is 35.3 Å². The molecular formula is C29H33FN4O2. The lowest BCUT2D eigenvalue weighted by Gasteiger charge is -2.36. The van der Waals surface area contributed by atoms with E-state index in [4.69, 9.17) is 0 Å². The Bertz CT molecular complexity index is 1300. The van der Waals surface area contributed by atoms with Gasteiger partial charge in [0.2, 0.25) is 5.91 Å². The monoisotopic (exact) mass is 488 g/mol. The van der Waals surface area contributed by atoms with Gasteiger partial charge in [0.15, 0.2) is 0 Å². The van der Waals surface area contributed by atoms with Crippen molar-refractivity contribution in [2.45, 2.75) is 25.8 Å². The first-order valence-corrected chi connectivity index (χ1v) is 13.0. The number of carbonyl (C=O) groups is 2. The minimum atomic E-state index is -0.204. The highest BCUT2D eigenvalue weighted by Gasteiger charge is 2.59. The number of aryl methyl sites for hydroxylation is 1. The summed E-state index contributed by atoms with van der Waals surface area (Å²) in [6, 6.07) is 16.8. The van der Waals surface area contributed by atoms with Crippen LogP contribution in [-0.4, -0.2) is 70.3 Å². The fraction of sp³-hybridized carbons (Fsp3) is 0.448. The molecule has 188 valence electrons. The van der Waals surface area contributed by atoms with Crippen molar-refractivity contribution in [1.82, 2.24) is 19.3 Å². The van der Waals surface area contributed by atoms with Gasteiger partial charge in [0.25, 0.3) is 5.91 Å². The largest absolute Gasteiger partial charge is 0.340 e. The fourth-order valence-corrected chi connectivity index (χ4v) is 6.30. The summed E-state index contributed by atoms with van der Waals surface area (Å²) in [6.45, 7) is 5.23. The topological polar surface area (TPSA) is 48.8 Å². The van der Waals surface area contributed by atoms with Gasteiger partial charge in [0, 0.05) is 69.7 Å². The lowest BCUT2D eigenvalue weighted by atomic mass is 9.90. The van der Waals surface area contributed by atoms with Gasteiger partial charge < -0.3 is 14.4 Å². The zero-order valence-corrected chi connectivity index (χ0v) is 20.8. The highest BCUT2D eigenvalue weighted by molar-refractivity contribution is 5.98. The molecule has 6 nitrogen and oxygen atoms in total. The summed E-state index contributed by atoms with van der Waals surface area (Å²) >= 11 is 0. The highest BCUT2D eigenvalue weighted by atomic mass is 19.1. The molecule has 7 heteroatoms. The van der Waals surface area contributed by atoms with Gasteiger partial charge in [-0.25, -0.2) is 4.39 Å². The van der Waals surface area contributed by atoms with Gasteiger partial charge >= 0.3 is 0 Å². The highest BCUT2D eigenvalue weighted by Crippen LogP contribution is 2.60. The van der Waals surface area contributed by atoms with Crippen LogP contribution >= 0.6 is 0 Å². The molecule has 0 radical (unpaired) electrons. The zero-order valence-electron chi connectivity index (χ0n) is 20.8. The maximum absolute atomic E-state index is 13.5. The Morgan fingerprint density at radius 2 is 1.67 bits per heavy atom. The van der Waals surface area contributed by atoms with Crippen molar-refractivity contribution in [2.75, 3.05) is 39.3 Å². The number of hydrogen-bond acceptors (Lipinski definition) is 3. The molecule has 1 spiro atoms. The first kappa shape index (κ1) is 23.2. The van der Waals surface area contributed by atoms with E-state index in [0.29, 0.717) is 19.6 Å². The second-order valence-corrected chi connectivity index (χ2v) is 10.8. The number of carbonyl (C=O) groups excluding carboxylic acids is 2. The Morgan fingerprint density at radius 1 is 0.917 bits per heavy atom. The van der Waals surface area contributed by atoms with Gasteiger partial charge in [0.05, 0.1) is 0 Å². The second kappa shape index (κ2) is 9.04. The zero-order chi connectivity index (χ0) is 24.9. The first-order valence-electron chi connectivity index (χ1n) is 13.0. The molecule has 2 saturated heterocycles. The molecular weight excluding hydrogens is 455 g/mol. The van der Waals surface area contributed by atoms with Gasteiger partial charge in [-0.3, -0.25) is 14.5 Å². The summed E-state index contributed by atoms with van der Waals surface area (Å²) in [5, 5.41) is 1.08. The lowest BCUT2D eigenvalue weighted by molar-refractivity contribution is -0.135. The summed E-state index contributed by atoms with van der Waals surface area (Å²) in [4.78, 5) is 32.8. The van der Waals surface area contributed by atoms with Gasteiger partial charge in [-0.1, -0.05) is 30.3 Å². The number of nitrogens with zero attached hydrogens (tertiary/aromatic N) is 4. The molecule has 2 amide bonds. The molecule has 0 unspecified atom stereocenters. The maximum Gasteiger partial charge on any atom is 0.270 e. The maximum atomic E-state index is 13.5. The minimum absolute atomic E-state index is 0.0749. The third-order valence-corrected chi connectivity index (χ3v) is 8.68. The minimum Gasteiger partial charge on any atom is -0.340 e. The van der Waals surface area contributed by atoms with Crippen LogP contribution in [0.25, 0.3) is 10.9 Å². The van der Waals surface area contributed by atoms with E-state index in [1.165, 1.54) is 6.07 Å². The summed E-state index contributed by atoms with van der Waals surface area (Å²) < 4.78 is 15.5. The molecule has 3 aromatic rings. The number of halogens is 1. The van der Waals surface area contributed by atoms with E-state index in [1.54, 1.807) is 12.1 Å². The van der Waals surface area contributed by atoms with Gasteiger partial charge in [-0.2, -0.15) is 0 Å². The number of rotatable bonds is 4. The Kier molecular flexibility index (Phi) is 5.83. The lowest BCUT2D eigenvalue weighted by Crippen LogP contribution is -2.49. The number of benzene rings is 2. The molecule has 1 saturated carbocycles. The third-order valence-electron chi connectivity index (χ3n) is 8.68. The van der Waals surface area contributed by atoms with E-state index >= 15 is 0 Å². The van der Waals surface area contributed by atoms with Crippen molar-refractivity contribution in [1.29, 1.82) is 0 Å². The average Bonchev–Trinajstić information content (AvgIpc) is 3.49. The van der Waals surface area contributed by atoms with Crippen LogP contribution in [0.2, 0.25) is 0 Å². The third kappa shape index (κ3) is 4.19. The van der Waals surface area contributed by atoms with Crippen molar-refractivity contribution in [3.05, 3.63) is 71.7 Å². The van der Waals surface area contributed by atoms with Crippen molar-refractivity contribution in [2.24, 2.45) is 18.4 Å². The van der Waals surface area contributed by atoms with Gasteiger partial charge in [0.1, 0.15) is 11.5 Å². The molecule has 3 aliphatic rings. The van der Waals surface area contributed by atoms with Crippen molar-refractivity contribution in [3.63, 3.8) is 0 Å². The number of hydrogen-bond donors (Lipinski definition) is 0. The first-order chi connectivity index (χ1) is 17.4. The van der Waals surface area contributed by atoms with Gasteiger partial charge in [-0.15, -0.1) is 0 Å². The molecule has 2 aromatic carbocycles. The predicted octanol–water partition coefficient (Wildman–Crippen LogP) is 3.90. The van der Waals surface area contributed by atoms with Crippen LogP contribution in [0.15, 0.2) is 54.6 Å². The fourth-order valence-electron chi connectivity index (χ4n) is 6.30. The second-order valence-electron chi connectivity index (χ2n) is 10.8. The Hall–Kier alpha value is -3.19. The Labute approximate surface area is 211 Å². The van der Waals surface area contributed by atoms with Gasteiger partial charge in [-0.05, 0) is 54.5 Å². The van der Waals surface area contributed by atoms with E-state index in [2.05, 4.69) is 4.90 Å². The smallest absolute Gasteiger partial charge is 0.270 e. The van der Waals surface area contributed by atoms with Crippen molar-refractivity contribution < 1.29 is 14.0 Å². The molecule has 36 heavy (non-hydrogen) atoms. The molecule has 3 fully saturated rings. The number of likely N-dealkylation sites (tertiary alicyclic amines) is 1. The summed E-state index contributed by atoms with van der Waals surface area (Å²) in [6.07, 6.45) is 2.75. The summed E-state index contributed by atoms with van der Waals surface area (Å²) in [7, 11) is 1.95. The van der Waals surface area contributed by atoms with Crippen molar-refractivity contribution >= 4 is 22.7 Å². The van der Waals surface area contributed by atoms with Crippen LogP contribution in [0, 0.1) is 17.2 Å². The van der Waals surface area contributed by atoms with Crippen LogP contribution in [0.3, 0.4) is 0 Å². The summed E-state index contributed by atoms with van der Waals surface area (Å²) in [5.74, 6) is 0.266. The van der Waals surface area contributed by atoms with E-state index < -0.39 is 0 Å². The molecule has 0 bridgehead atoms. The normalized spacial score (nSPS) is 21.8. The van der Waals surface area contributed by atoms with Crippen LogP contribution < -0.4 is 0 Å². The quantitative estimate of drug-likeness (QED) is 0.560. The molecule has 1 aromatic heterocycles. The van der Waals surface area contributed by atoms with E-state index in [-0.39, 0.29) is 29.0 Å². The SMILES string of the molecule is Cn1c(C(=O)N2CCC3(CC2)C[C@H]3C(=O)N2CCN(Cc3cccc(F)c3)CC2)cc2ccccc21. The Morgan fingerprint density at radius 3 is 2.39 bits per heavy atom. The van der Waals surface area contributed by atoms with Crippen LogP contribution in [-0.2, 0) is 18.4 Å². The molecule has 3 heterocycles. The number of para-hydroxylation sites is 1. The molecule has 6 rings (SSSR count). The van der Waals surface area contributed by atoms with Crippen molar-refractivity contribution in [3.8, 4) is 0 Å². The standard InChI is InChI=1S/C29H33FN4O2/c1-31-25-8-3-2-6-22(25)18-26(31)28(36)33-11-9-29(10-12-33)19-24(29)27(35)34-15-13-32(14-16-34)20-21-5-4-7-23(30)17-21/h2-8,17-18,24H,9-16,19-20H2,1H3/t24-/m0/s1. The number of piperidine rings is 1. The van der Waals surface area contributed by atoms with E-state index in [1.807, 2.05) is 57.8 Å².